The standard InChI is InChI=1S/C25H30N8O/c1-17-4-2-3-13-33(17)25-29-21-16-27-31-24(34)22(21)23(30-25)28-19-5-7-20(8-6-19)32-14-10-18(9-12-26)11-15-32/h5-8,16-18H,2-4,9-11,13-15H2,1H3,(H,31,34)(H,28,29,30). The summed E-state index contributed by atoms with van der Waals surface area (Å²) in [5.74, 6) is 1.63. The summed E-state index contributed by atoms with van der Waals surface area (Å²) in [5, 5.41) is 19.2. The zero-order chi connectivity index (χ0) is 23.5. The molecule has 0 bridgehead atoms. The molecule has 5 rings (SSSR count). The first-order valence-electron chi connectivity index (χ1n) is 12.1. The van der Waals surface area contributed by atoms with Crippen molar-refractivity contribution in [3.05, 3.63) is 40.8 Å². The quantitative estimate of drug-likeness (QED) is 0.590. The number of benzene rings is 1. The van der Waals surface area contributed by atoms with E-state index in [9.17, 15) is 4.79 Å². The second-order valence-electron chi connectivity index (χ2n) is 9.33. The van der Waals surface area contributed by atoms with Gasteiger partial charge in [0.1, 0.15) is 16.7 Å². The van der Waals surface area contributed by atoms with Crippen LogP contribution in [0.25, 0.3) is 10.9 Å². The van der Waals surface area contributed by atoms with Gasteiger partial charge in [0.15, 0.2) is 0 Å². The zero-order valence-electron chi connectivity index (χ0n) is 19.5. The van der Waals surface area contributed by atoms with Gasteiger partial charge in [-0.05, 0) is 69.2 Å². The van der Waals surface area contributed by atoms with Crippen molar-refractivity contribution in [2.24, 2.45) is 5.92 Å². The number of fused-ring (bicyclic) bond motifs is 1. The molecule has 3 aromatic rings. The van der Waals surface area contributed by atoms with Gasteiger partial charge in [-0.1, -0.05) is 0 Å². The average molecular weight is 459 g/mol. The fourth-order valence-corrected chi connectivity index (χ4v) is 5.02. The number of nitrogens with one attached hydrogen (secondary N) is 2. The molecule has 2 aliphatic heterocycles. The smallest absolute Gasteiger partial charge is 0.277 e. The first-order valence-corrected chi connectivity index (χ1v) is 12.1. The molecule has 1 unspecified atom stereocenters. The Labute approximate surface area is 198 Å². The van der Waals surface area contributed by atoms with Gasteiger partial charge in [0.25, 0.3) is 5.56 Å². The third-order valence-electron chi connectivity index (χ3n) is 7.05. The van der Waals surface area contributed by atoms with Crippen molar-refractivity contribution < 1.29 is 0 Å². The molecule has 0 aliphatic carbocycles. The largest absolute Gasteiger partial charge is 0.372 e. The highest BCUT2D eigenvalue weighted by Gasteiger charge is 2.23. The summed E-state index contributed by atoms with van der Waals surface area (Å²) in [5.41, 5.74) is 2.25. The van der Waals surface area contributed by atoms with Crippen LogP contribution in [0.5, 0.6) is 0 Å². The molecular weight excluding hydrogens is 428 g/mol. The molecule has 9 nitrogen and oxygen atoms in total. The number of aromatic nitrogens is 4. The molecule has 1 atom stereocenters. The summed E-state index contributed by atoms with van der Waals surface area (Å²) in [6, 6.07) is 10.9. The van der Waals surface area contributed by atoms with E-state index in [4.69, 9.17) is 10.2 Å². The van der Waals surface area contributed by atoms with Gasteiger partial charge >= 0.3 is 0 Å². The molecule has 2 aliphatic rings. The van der Waals surface area contributed by atoms with Crippen molar-refractivity contribution in [2.75, 3.05) is 34.8 Å². The predicted molar refractivity (Wildman–Crippen MR) is 134 cm³/mol. The molecule has 4 heterocycles. The molecule has 2 aromatic heterocycles. The lowest BCUT2D eigenvalue weighted by Gasteiger charge is -2.33. The summed E-state index contributed by atoms with van der Waals surface area (Å²) >= 11 is 0. The number of nitriles is 1. The molecule has 2 fully saturated rings. The third-order valence-corrected chi connectivity index (χ3v) is 7.05. The number of nitrogens with zero attached hydrogens (tertiary/aromatic N) is 6. The molecule has 2 N–H and O–H groups in total. The van der Waals surface area contributed by atoms with Gasteiger partial charge < -0.3 is 15.1 Å². The van der Waals surface area contributed by atoms with Crippen molar-refractivity contribution in [1.29, 1.82) is 5.26 Å². The zero-order valence-corrected chi connectivity index (χ0v) is 19.5. The lowest BCUT2D eigenvalue weighted by Crippen LogP contribution is -2.38. The summed E-state index contributed by atoms with van der Waals surface area (Å²) < 4.78 is 0. The lowest BCUT2D eigenvalue weighted by atomic mass is 9.94. The van der Waals surface area contributed by atoms with Gasteiger partial charge in [-0.3, -0.25) is 4.79 Å². The Kier molecular flexibility index (Phi) is 6.30. The van der Waals surface area contributed by atoms with Crippen LogP contribution in [0.15, 0.2) is 35.3 Å². The van der Waals surface area contributed by atoms with E-state index in [1.165, 1.54) is 12.1 Å². The summed E-state index contributed by atoms with van der Waals surface area (Å²) in [6.45, 7) is 5.03. The number of aromatic amines is 1. The van der Waals surface area contributed by atoms with Gasteiger partial charge in [0, 0.05) is 43.5 Å². The maximum atomic E-state index is 12.6. The van der Waals surface area contributed by atoms with Crippen molar-refractivity contribution in [2.45, 2.75) is 51.5 Å². The van der Waals surface area contributed by atoms with Crippen LogP contribution in [0.3, 0.4) is 0 Å². The maximum Gasteiger partial charge on any atom is 0.277 e. The van der Waals surface area contributed by atoms with Crippen molar-refractivity contribution in [3.8, 4) is 6.07 Å². The van der Waals surface area contributed by atoms with E-state index in [1.54, 1.807) is 6.20 Å². The Balaban J connectivity index is 1.40. The van der Waals surface area contributed by atoms with Crippen LogP contribution >= 0.6 is 0 Å². The average Bonchev–Trinajstić information content (AvgIpc) is 2.85. The Morgan fingerprint density at radius 1 is 1.12 bits per heavy atom. The van der Waals surface area contributed by atoms with E-state index >= 15 is 0 Å². The molecule has 0 radical (unpaired) electrons. The third kappa shape index (κ3) is 4.53. The molecule has 9 heteroatoms. The molecular formula is C25H30N8O. The van der Waals surface area contributed by atoms with Crippen molar-refractivity contribution >= 4 is 34.0 Å². The summed E-state index contributed by atoms with van der Waals surface area (Å²) in [6.07, 6.45) is 7.76. The van der Waals surface area contributed by atoms with Crippen LogP contribution in [-0.2, 0) is 0 Å². The van der Waals surface area contributed by atoms with Crippen LogP contribution in [0.1, 0.15) is 45.4 Å². The van der Waals surface area contributed by atoms with E-state index < -0.39 is 0 Å². The number of hydrogen-bond acceptors (Lipinski definition) is 8. The number of hydrogen-bond donors (Lipinski definition) is 2. The normalized spacial score (nSPS) is 19.2. The number of anilines is 4. The van der Waals surface area contributed by atoms with Crippen molar-refractivity contribution in [3.63, 3.8) is 0 Å². The SMILES string of the molecule is CC1CCCCN1c1nc(Nc2ccc(N3CCC(CC#N)CC3)cc2)c2c(=O)[nH]ncc2n1. The fraction of sp³-hybridized carbons (Fsp3) is 0.480. The molecule has 34 heavy (non-hydrogen) atoms. The van der Waals surface area contributed by atoms with E-state index in [2.05, 4.69) is 55.4 Å². The van der Waals surface area contributed by atoms with Gasteiger partial charge in [0.05, 0.1) is 12.3 Å². The van der Waals surface area contributed by atoms with Crippen LogP contribution in [0, 0.1) is 17.2 Å². The molecule has 0 saturated carbocycles. The Morgan fingerprint density at radius 2 is 1.91 bits per heavy atom. The topological polar surface area (TPSA) is 114 Å². The number of rotatable bonds is 5. The first-order chi connectivity index (χ1) is 16.6. The predicted octanol–water partition coefficient (Wildman–Crippen LogP) is 3.97. The van der Waals surface area contributed by atoms with E-state index in [1.807, 2.05) is 12.1 Å². The van der Waals surface area contributed by atoms with Gasteiger partial charge in [-0.25, -0.2) is 10.1 Å². The molecule has 0 spiro atoms. The van der Waals surface area contributed by atoms with Crippen LogP contribution in [0.4, 0.5) is 23.1 Å². The summed E-state index contributed by atoms with van der Waals surface area (Å²) in [7, 11) is 0. The van der Waals surface area contributed by atoms with Crippen molar-refractivity contribution in [1.82, 2.24) is 20.2 Å². The highest BCUT2D eigenvalue weighted by atomic mass is 16.1. The van der Waals surface area contributed by atoms with Crippen LogP contribution in [0.2, 0.25) is 0 Å². The van der Waals surface area contributed by atoms with Gasteiger partial charge in [-0.15, -0.1) is 0 Å². The Morgan fingerprint density at radius 3 is 2.65 bits per heavy atom. The first kappa shape index (κ1) is 22.1. The van der Waals surface area contributed by atoms with E-state index in [-0.39, 0.29) is 5.56 Å². The highest BCUT2D eigenvalue weighted by Crippen LogP contribution is 2.29. The highest BCUT2D eigenvalue weighted by molar-refractivity contribution is 5.90. The Bertz CT molecular complexity index is 1240. The van der Waals surface area contributed by atoms with Gasteiger partial charge in [-0.2, -0.15) is 15.3 Å². The van der Waals surface area contributed by atoms with Gasteiger partial charge in [0.2, 0.25) is 5.95 Å². The molecule has 2 saturated heterocycles. The van der Waals surface area contributed by atoms with Crippen LogP contribution < -0.4 is 20.7 Å². The summed E-state index contributed by atoms with van der Waals surface area (Å²) in [4.78, 5) is 26.6. The number of piperidine rings is 2. The van der Waals surface area contributed by atoms with Crippen LogP contribution in [-0.4, -0.2) is 45.8 Å². The second kappa shape index (κ2) is 9.67. The van der Waals surface area contributed by atoms with E-state index in [0.29, 0.717) is 41.0 Å². The second-order valence-corrected chi connectivity index (χ2v) is 9.33. The fourth-order valence-electron chi connectivity index (χ4n) is 5.02. The lowest BCUT2D eigenvalue weighted by molar-refractivity contribution is 0.413. The monoisotopic (exact) mass is 458 g/mol. The molecule has 176 valence electrons. The molecule has 0 amide bonds. The minimum atomic E-state index is -0.310. The minimum absolute atomic E-state index is 0.310. The van der Waals surface area contributed by atoms with E-state index in [0.717, 1.165) is 51.0 Å². The number of H-pyrrole nitrogens is 1. The maximum absolute atomic E-state index is 12.6. The Hall–Kier alpha value is -3.67. The minimum Gasteiger partial charge on any atom is -0.372 e. The molecule has 1 aromatic carbocycles.